The Hall–Kier alpha value is -2.38. The number of aryl methyl sites for hydroxylation is 2. The van der Waals surface area contributed by atoms with Crippen molar-refractivity contribution >= 4 is 22.6 Å². The molecule has 1 aliphatic carbocycles. The number of rotatable bonds is 8. The number of hydrogen-bond acceptors (Lipinski definition) is 5. The molecule has 2 heterocycles. The first-order valence-corrected chi connectivity index (χ1v) is 11.0. The van der Waals surface area contributed by atoms with Gasteiger partial charge in [0.05, 0.1) is 30.8 Å². The molecule has 2 aromatic rings. The highest BCUT2D eigenvalue weighted by Gasteiger charge is 2.35. The number of anilines is 1. The fourth-order valence-electron chi connectivity index (χ4n) is 4.64. The van der Waals surface area contributed by atoms with Crippen LogP contribution in [-0.4, -0.2) is 65.0 Å². The largest absolute Gasteiger partial charge is 0.374 e. The van der Waals surface area contributed by atoms with Gasteiger partial charge in [-0.2, -0.15) is 5.10 Å². The third kappa shape index (κ3) is 4.68. The van der Waals surface area contributed by atoms with Gasteiger partial charge >= 0.3 is 0 Å². The maximum Gasteiger partial charge on any atom is 0.239 e. The average Bonchev–Trinajstić information content (AvgIpc) is 3.02. The van der Waals surface area contributed by atoms with Gasteiger partial charge in [0.2, 0.25) is 5.91 Å². The zero-order valence-corrected chi connectivity index (χ0v) is 18.1. The summed E-state index contributed by atoms with van der Waals surface area (Å²) in [7, 11) is 1.92. The number of benzene rings is 1. The molecule has 1 amide bonds. The summed E-state index contributed by atoms with van der Waals surface area (Å²) in [5, 5.41) is 11.9. The van der Waals surface area contributed by atoms with Crippen LogP contribution in [0, 0.1) is 6.92 Å². The third-order valence-corrected chi connectivity index (χ3v) is 6.31. The Morgan fingerprint density at radius 2 is 2.07 bits per heavy atom. The van der Waals surface area contributed by atoms with E-state index in [1.807, 2.05) is 17.8 Å². The Kier molecular flexibility index (Phi) is 6.39. The first-order chi connectivity index (χ1) is 14.5. The van der Waals surface area contributed by atoms with Crippen molar-refractivity contribution in [2.45, 2.75) is 50.8 Å². The summed E-state index contributed by atoms with van der Waals surface area (Å²) >= 11 is 0. The molecule has 0 radical (unpaired) electrons. The van der Waals surface area contributed by atoms with Gasteiger partial charge in [-0.3, -0.25) is 14.4 Å². The van der Waals surface area contributed by atoms with Crippen LogP contribution < -0.4 is 10.6 Å². The Bertz CT molecular complexity index is 894. The quantitative estimate of drug-likeness (QED) is 0.654. The normalized spacial score (nSPS) is 22.6. The first kappa shape index (κ1) is 20.9. The van der Waals surface area contributed by atoms with Gasteiger partial charge < -0.3 is 15.4 Å². The summed E-state index contributed by atoms with van der Waals surface area (Å²) < 4.78 is 7.62. The van der Waals surface area contributed by atoms with Crippen LogP contribution in [0.25, 0.3) is 10.9 Å². The van der Waals surface area contributed by atoms with E-state index >= 15 is 0 Å². The van der Waals surface area contributed by atoms with E-state index in [-0.39, 0.29) is 18.5 Å². The van der Waals surface area contributed by atoms with Crippen LogP contribution >= 0.6 is 0 Å². The topological polar surface area (TPSA) is 71.4 Å². The Morgan fingerprint density at radius 3 is 2.80 bits per heavy atom. The number of nitrogens with one attached hydrogen (secondary N) is 2. The molecule has 30 heavy (non-hydrogen) atoms. The molecular weight excluding hydrogens is 378 g/mol. The minimum atomic E-state index is 0.0210. The molecule has 0 bridgehead atoms. The second kappa shape index (κ2) is 9.18. The molecule has 0 atom stereocenters. The molecule has 4 rings (SSSR count). The van der Waals surface area contributed by atoms with Crippen molar-refractivity contribution in [3.8, 4) is 0 Å². The average molecular weight is 412 g/mol. The van der Waals surface area contributed by atoms with Crippen molar-refractivity contribution in [2.24, 2.45) is 7.05 Å². The van der Waals surface area contributed by atoms with Gasteiger partial charge in [-0.1, -0.05) is 17.7 Å². The predicted molar refractivity (Wildman–Crippen MR) is 120 cm³/mol. The Morgan fingerprint density at radius 1 is 1.30 bits per heavy atom. The van der Waals surface area contributed by atoms with E-state index in [1.165, 1.54) is 18.4 Å². The van der Waals surface area contributed by atoms with E-state index in [0.29, 0.717) is 18.8 Å². The summed E-state index contributed by atoms with van der Waals surface area (Å²) in [5.41, 5.74) is 2.24. The third-order valence-electron chi connectivity index (χ3n) is 6.31. The highest BCUT2D eigenvalue weighted by atomic mass is 16.5. The van der Waals surface area contributed by atoms with Gasteiger partial charge in [-0.15, -0.1) is 6.58 Å². The van der Waals surface area contributed by atoms with Gasteiger partial charge in [0, 0.05) is 31.6 Å². The maximum atomic E-state index is 12.4. The van der Waals surface area contributed by atoms with E-state index in [2.05, 4.69) is 52.3 Å². The highest BCUT2D eigenvalue weighted by molar-refractivity contribution is 5.92. The van der Waals surface area contributed by atoms with Crippen LogP contribution in [0.5, 0.6) is 0 Å². The molecule has 0 spiro atoms. The van der Waals surface area contributed by atoms with Crippen LogP contribution in [0.3, 0.4) is 0 Å². The van der Waals surface area contributed by atoms with Gasteiger partial charge in [0.25, 0.3) is 0 Å². The number of fused-ring (bicyclic) bond motifs is 1. The number of amides is 1. The number of likely N-dealkylation sites (tertiary alicyclic amines) is 1. The minimum absolute atomic E-state index is 0.0210. The monoisotopic (exact) mass is 411 g/mol. The fourth-order valence-corrected chi connectivity index (χ4v) is 4.64. The molecule has 162 valence electrons. The number of carbonyl (C=O) groups is 1. The second-order valence-electron chi connectivity index (χ2n) is 8.62. The van der Waals surface area contributed by atoms with Crippen molar-refractivity contribution < 1.29 is 9.53 Å². The van der Waals surface area contributed by atoms with E-state index in [0.717, 1.165) is 42.7 Å². The second-order valence-corrected chi connectivity index (χ2v) is 8.62. The first-order valence-electron chi connectivity index (χ1n) is 11.0. The number of ether oxygens (including phenoxy) is 1. The molecular formula is C23H33N5O2. The molecule has 7 nitrogen and oxygen atoms in total. The van der Waals surface area contributed by atoms with Crippen LogP contribution in [0.4, 0.5) is 5.82 Å². The number of nitrogens with zero attached hydrogens (tertiary/aromatic N) is 3. The number of aromatic nitrogens is 2. The summed E-state index contributed by atoms with van der Waals surface area (Å²) in [6.45, 7) is 8.55. The molecule has 2 aliphatic rings. The van der Waals surface area contributed by atoms with E-state index in [1.54, 1.807) is 0 Å². The van der Waals surface area contributed by atoms with Crippen LogP contribution in [-0.2, 0) is 16.6 Å². The lowest BCUT2D eigenvalue weighted by Gasteiger charge is -2.46. The van der Waals surface area contributed by atoms with Crippen molar-refractivity contribution in [2.75, 3.05) is 31.6 Å². The molecule has 7 heteroatoms. The lowest BCUT2D eigenvalue weighted by atomic mass is 9.89. The van der Waals surface area contributed by atoms with Crippen LogP contribution in [0.15, 0.2) is 30.9 Å². The number of carbonyl (C=O) groups excluding carboxylic acids is 1. The molecule has 1 aromatic heterocycles. The van der Waals surface area contributed by atoms with E-state index in [4.69, 9.17) is 4.74 Å². The summed E-state index contributed by atoms with van der Waals surface area (Å²) in [6.07, 6.45) is 6.79. The van der Waals surface area contributed by atoms with Gasteiger partial charge in [-0.05, 0) is 44.7 Å². The molecule has 1 aliphatic heterocycles. The number of hydrogen-bond donors (Lipinski definition) is 2. The minimum Gasteiger partial charge on any atom is -0.374 e. The zero-order chi connectivity index (χ0) is 21.1. The Labute approximate surface area is 178 Å². The van der Waals surface area contributed by atoms with Crippen molar-refractivity contribution in [1.82, 2.24) is 20.0 Å². The predicted octanol–water partition coefficient (Wildman–Crippen LogP) is 2.61. The molecule has 1 saturated heterocycles. The summed E-state index contributed by atoms with van der Waals surface area (Å²) in [4.78, 5) is 14.9. The molecule has 2 fully saturated rings. The van der Waals surface area contributed by atoms with Crippen LogP contribution in [0.1, 0.15) is 31.2 Å². The molecule has 1 aromatic carbocycles. The molecule has 1 saturated carbocycles. The zero-order valence-electron chi connectivity index (χ0n) is 18.1. The summed E-state index contributed by atoms with van der Waals surface area (Å²) in [5.74, 6) is 0.782. The summed E-state index contributed by atoms with van der Waals surface area (Å²) in [6, 6.07) is 7.11. The lowest BCUT2D eigenvalue weighted by Crippen LogP contribution is -2.63. The van der Waals surface area contributed by atoms with Gasteiger partial charge in [0.1, 0.15) is 0 Å². The maximum absolute atomic E-state index is 12.4. The highest BCUT2D eigenvalue weighted by Crippen LogP contribution is 2.28. The molecule has 0 unspecified atom stereocenters. The van der Waals surface area contributed by atoms with Gasteiger partial charge in [-0.25, -0.2) is 0 Å². The van der Waals surface area contributed by atoms with E-state index in [9.17, 15) is 4.79 Å². The van der Waals surface area contributed by atoms with Crippen molar-refractivity contribution in [3.05, 3.63) is 36.4 Å². The fraction of sp³-hybridized carbons (Fsp3) is 0.565. The van der Waals surface area contributed by atoms with E-state index < -0.39 is 0 Å². The van der Waals surface area contributed by atoms with Crippen molar-refractivity contribution in [1.29, 1.82) is 0 Å². The van der Waals surface area contributed by atoms with Crippen LogP contribution in [0.2, 0.25) is 0 Å². The van der Waals surface area contributed by atoms with Gasteiger partial charge in [0.15, 0.2) is 5.82 Å². The Balaban J connectivity index is 1.19. The van der Waals surface area contributed by atoms with Crippen molar-refractivity contribution in [3.63, 3.8) is 0 Å². The standard InChI is InChI=1S/C23H33N5O2/c1-4-11-30-19-8-6-18(7-9-19)28-14-17(15-28)25-22(29)13-24-23-20-12-16(2)5-10-21(20)27(3)26-23/h4-5,10,12,17-19H,1,6-9,11,13-15H2,2-3H3,(H,24,26)(H,25,29)/t18-,19+. The SMILES string of the molecule is C=CCO[C@H]1CC[C@@H](N2CC(NC(=O)CNc3nn(C)c4ccc(C)cc34)C2)CC1. The molecule has 2 N–H and O–H groups in total. The smallest absolute Gasteiger partial charge is 0.239 e. The lowest BCUT2D eigenvalue weighted by molar-refractivity contribution is -0.121.